The molecule has 1 N–H and O–H groups in total. The predicted molar refractivity (Wildman–Crippen MR) is 140 cm³/mol. The largest absolute Gasteiger partial charge is 0.504 e. The topological polar surface area (TPSA) is 99.4 Å². The van der Waals surface area contributed by atoms with Crippen molar-refractivity contribution < 1.29 is 24.1 Å². The number of phenolic OH excluding ortho intramolecular Hbond substituents is 1. The first kappa shape index (κ1) is 25.7. The van der Waals surface area contributed by atoms with E-state index in [2.05, 4.69) is 20.9 Å². The fourth-order valence-electron chi connectivity index (χ4n) is 4.02. The van der Waals surface area contributed by atoms with E-state index in [0.717, 1.165) is 5.56 Å². The second kappa shape index (κ2) is 10.7. The van der Waals surface area contributed by atoms with Crippen LogP contribution in [0.15, 0.2) is 61.9 Å². The molecule has 0 saturated heterocycles. The number of methoxy groups -OCH3 is 1. The Kier molecular flexibility index (Phi) is 7.65. The standard InChI is InChI=1S/C26H25BrN2O6S/c1-5-34-18-9-7-15(8-10-18)22-21(25(32)35-6-2)14(3)28-26-29(22)24(31)20(36-26)12-16-11-17(27)13-19(33-4)23(16)30/h7-13,22,30H,5-6H2,1-4H3. The molecule has 2 heterocycles. The highest BCUT2D eigenvalue weighted by Gasteiger charge is 2.33. The van der Waals surface area contributed by atoms with Gasteiger partial charge in [-0.2, -0.15) is 0 Å². The molecule has 36 heavy (non-hydrogen) atoms. The molecule has 1 unspecified atom stereocenters. The van der Waals surface area contributed by atoms with Gasteiger partial charge in [0.15, 0.2) is 16.3 Å². The van der Waals surface area contributed by atoms with Crippen LogP contribution in [-0.4, -0.2) is 36.0 Å². The number of hydrogen-bond donors (Lipinski definition) is 1. The van der Waals surface area contributed by atoms with E-state index in [9.17, 15) is 14.7 Å². The van der Waals surface area contributed by atoms with Crippen LogP contribution in [0.1, 0.15) is 37.9 Å². The Morgan fingerprint density at radius 1 is 1.22 bits per heavy atom. The summed E-state index contributed by atoms with van der Waals surface area (Å²) >= 11 is 4.58. The van der Waals surface area contributed by atoms with E-state index >= 15 is 0 Å². The van der Waals surface area contributed by atoms with Gasteiger partial charge in [-0.3, -0.25) is 9.36 Å². The quantitative estimate of drug-likeness (QED) is 0.434. The number of aromatic hydroxyl groups is 1. The number of carbonyl (C=O) groups excluding carboxylic acids is 1. The van der Waals surface area contributed by atoms with E-state index in [1.54, 1.807) is 44.2 Å². The number of phenols is 1. The second-order valence-electron chi connectivity index (χ2n) is 7.85. The highest BCUT2D eigenvalue weighted by Crippen LogP contribution is 2.34. The molecule has 0 amide bonds. The van der Waals surface area contributed by atoms with Gasteiger partial charge in [0.2, 0.25) is 0 Å². The van der Waals surface area contributed by atoms with Crippen molar-refractivity contribution in [1.29, 1.82) is 0 Å². The average molecular weight is 573 g/mol. The molecule has 1 aliphatic heterocycles. The lowest BCUT2D eigenvalue weighted by Gasteiger charge is -2.24. The number of allylic oxidation sites excluding steroid dienone is 1. The maximum Gasteiger partial charge on any atom is 0.338 e. The minimum atomic E-state index is -0.733. The molecule has 4 rings (SSSR count). The number of fused-ring (bicyclic) bond motifs is 1. The molecule has 3 aromatic rings. The monoisotopic (exact) mass is 572 g/mol. The summed E-state index contributed by atoms with van der Waals surface area (Å²) in [7, 11) is 1.45. The molecule has 10 heteroatoms. The van der Waals surface area contributed by atoms with Gasteiger partial charge in [0, 0.05) is 10.0 Å². The van der Waals surface area contributed by atoms with Gasteiger partial charge in [0.05, 0.1) is 42.2 Å². The van der Waals surface area contributed by atoms with Crippen LogP contribution in [-0.2, 0) is 9.53 Å². The predicted octanol–water partition coefficient (Wildman–Crippen LogP) is 3.67. The third-order valence-corrected chi connectivity index (χ3v) is 7.04. The normalized spacial score (nSPS) is 15.4. The fourth-order valence-corrected chi connectivity index (χ4v) is 5.51. The van der Waals surface area contributed by atoms with Crippen LogP contribution in [0.5, 0.6) is 17.2 Å². The summed E-state index contributed by atoms with van der Waals surface area (Å²) in [5.74, 6) is 0.349. The minimum absolute atomic E-state index is 0.0852. The van der Waals surface area contributed by atoms with Crippen LogP contribution in [0.4, 0.5) is 0 Å². The van der Waals surface area contributed by atoms with E-state index in [4.69, 9.17) is 14.2 Å². The number of esters is 1. The van der Waals surface area contributed by atoms with Crippen molar-refractivity contribution >= 4 is 39.3 Å². The summed E-state index contributed by atoms with van der Waals surface area (Å²) in [5, 5.41) is 10.6. The van der Waals surface area contributed by atoms with Crippen LogP contribution in [0.2, 0.25) is 0 Å². The third kappa shape index (κ3) is 4.83. The van der Waals surface area contributed by atoms with E-state index in [1.807, 2.05) is 19.1 Å². The molecule has 8 nitrogen and oxygen atoms in total. The summed E-state index contributed by atoms with van der Waals surface area (Å²) < 4.78 is 18.6. The maximum atomic E-state index is 13.7. The van der Waals surface area contributed by atoms with Gasteiger partial charge in [-0.25, -0.2) is 9.79 Å². The number of aromatic nitrogens is 1. The highest BCUT2D eigenvalue weighted by molar-refractivity contribution is 9.10. The summed E-state index contributed by atoms with van der Waals surface area (Å²) in [4.78, 5) is 31.7. The molecular weight excluding hydrogens is 548 g/mol. The Morgan fingerprint density at radius 3 is 2.58 bits per heavy atom. The zero-order valence-corrected chi connectivity index (χ0v) is 22.6. The van der Waals surface area contributed by atoms with Gasteiger partial charge >= 0.3 is 5.97 Å². The lowest BCUT2D eigenvalue weighted by molar-refractivity contribution is -0.139. The zero-order valence-electron chi connectivity index (χ0n) is 20.2. The number of carbonyl (C=O) groups is 1. The zero-order chi connectivity index (χ0) is 26.0. The van der Waals surface area contributed by atoms with Crippen molar-refractivity contribution in [3.05, 3.63) is 83.0 Å². The Morgan fingerprint density at radius 2 is 1.94 bits per heavy atom. The van der Waals surface area contributed by atoms with Crippen molar-refractivity contribution in [2.24, 2.45) is 4.99 Å². The fraction of sp³-hybridized carbons (Fsp3) is 0.269. The Bertz CT molecular complexity index is 1520. The molecule has 0 radical (unpaired) electrons. The lowest BCUT2D eigenvalue weighted by atomic mass is 9.96. The van der Waals surface area contributed by atoms with Gasteiger partial charge in [0.25, 0.3) is 5.56 Å². The van der Waals surface area contributed by atoms with E-state index < -0.39 is 12.0 Å². The van der Waals surface area contributed by atoms with Crippen LogP contribution >= 0.6 is 27.3 Å². The molecule has 0 aliphatic carbocycles. The molecule has 2 aromatic carbocycles. The number of hydrogen-bond acceptors (Lipinski definition) is 8. The van der Waals surface area contributed by atoms with Crippen LogP contribution in [0, 0.1) is 0 Å². The first-order valence-electron chi connectivity index (χ1n) is 11.3. The lowest BCUT2D eigenvalue weighted by Crippen LogP contribution is -2.39. The molecule has 1 atom stereocenters. The SMILES string of the molecule is CCOC(=O)C1=C(C)N=c2sc(=Cc3cc(Br)cc(OC)c3O)c(=O)n2C1c1ccc(OCC)cc1. The molecule has 0 fully saturated rings. The smallest absolute Gasteiger partial charge is 0.338 e. The van der Waals surface area contributed by atoms with Gasteiger partial charge < -0.3 is 19.3 Å². The van der Waals surface area contributed by atoms with Crippen LogP contribution in [0.3, 0.4) is 0 Å². The number of ether oxygens (including phenoxy) is 3. The van der Waals surface area contributed by atoms with Crippen molar-refractivity contribution in [2.45, 2.75) is 26.8 Å². The third-order valence-electron chi connectivity index (χ3n) is 5.60. The van der Waals surface area contributed by atoms with Crippen molar-refractivity contribution in [2.75, 3.05) is 20.3 Å². The molecular formula is C26H25BrN2O6S. The van der Waals surface area contributed by atoms with E-state index in [-0.39, 0.29) is 23.7 Å². The highest BCUT2D eigenvalue weighted by atomic mass is 79.9. The summed E-state index contributed by atoms with van der Waals surface area (Å²) in [5.41, 5.74) is 1.56. The van der Waals surface area contributed by atoms with Crippen molar-refractivity contribution in [3.8, 4) is 17.2 Å². The Balaban J connectivity index is 1.94. The number of rotatable bonds is 7. The molecule has 1 aromatic heterocycles. The number of halogens is 1. The van der Waals surface area contributed by atoms with Crippen LogP contribution < -0.4 is 24.4 Å². The average Bonchev–Trinajstić information content (AvgIpc) is 3.15. The van der Waals surface area contributed by atoms with E-state index in [0.29, 0.717) is 43.0 Å². The Labute approximate surface area is 219 Å². The van der Waals surface area contributed by atoms with Crippen LogP contribution in [0.25, 0.3) is 6.08 Å². The van der Waals surface area contributed by atoms with Gasteiger partial charge in [-0.05, 0) is 56.7 Å². The first-order valence-corrected chi connectivity index (χ1v) is 12.9. The minimum Gasteiger partial charge on any atom is -0.504 e. The molecule has 0 spiro atoms. The first-order chi connectivity index (χ1) is 17.3. The van der Waals surface area contributed by atoms with Gasteiger partial charge in [-0.15, -0.1) is 0 Å². The van der Waals surface area contributed by atoms with Gasteiger partial charge in [-0.1, -0.05) is 39.4 Å². The van der Waals surface area contributed by atoms with E-state index in [1.165, 1.54) is 23.0 Å². The number of thiazole rings is 1. The number of nitrogens with zero attached hydrogens (tertiary/aromatic N) is 2. The summed E-state index contributed by atoms with van der Waals surface area (Å²) in [6.07, 6.45) is 1.59. The van der Waals surface area contributed by atoms with Gasteiger partial charge in [0.1, 0.15) is 5.75 Å². The molecule has 188 valence electrons. The molecule has 0 saturated carbocycles. The summed E-state index contributed by atoms with van der Waals surface area (Å²) in [6, 6.07) is 9.86. The van der Waals surface area contributed by atoms with Crippen molar-refractivity contribution in [3.63, 3.8) is 0 Å². The second-order valence-corrected chi connectivity index (χ2v) is 9.77. The Hall–Kier alpha value is -3.37. The summed E-state index contributed by atoms with van der Waals surface area (Å²) in [6.45, 7) is 6.08. The maximum absolute atomic E-state index is 13.7. The van der Waals surface area contributed by atoms with Crippen molar-refractivity contribution in [1.82, 2.24) is 4.57 Å². The molecule has 0 bridgehead atoms. The number of benzene rings is 2. The molecule has 1 aliphatic rings.